The second kappa shape index (κ2) is 8.23. The highest BCUT2D eigenvalue weighted by Crippen LogP contribution is 2.31. The maximum atomic E-state index is 12.7. The topological polar surface area (TPSA) is 50.8 Å². The van der Waals surface area contributed by atoms with Crippen LogP contribution in [0.25, 0.3) is 0 Å². The molecular weight excluding hydrogens is 328 g/mol. The number of fused-ring (bicyclic) bond motifs is 1. The van der Waals surface area contributed by atoms with Crippen LogP contribution in [0, 0.1) is 6.92 Å². The van der Waals surface area contributed by atoms with Gasteiger partial charge in [0.2, 0.25) is 5.91 Å². The molecule has 0 aromatic heterocycles. The summed E-state index contributed by atoms with van der Waals surface area (Å²) in [6, 6.07) is 12.1. The molecule has 1 aliphatic rings. The molecule has 0 fully saturated rings. The van der Waals surface area contributed by atoms with Crippen molar-refractivity contribution in [3.8, 4) is 11.5 Å². The van der Waals surface area contributed by atoms with Crippen molar-refractivity contribution in [1.29, 1.82) is 0 Å². The molecule has 2 aromatic carbocycles. The summed E-state index contributed by atoms with van der Waals surface area (Å²) in [7, 11) is 3.24. The maximum absolute atomic E-state index is 12.7. The van der Waals surface area contributed by atoms with Gasteiger partial charge in [-0.05, 0) is 37.5 Å². The van der Waals surface area contributed by atoms with Crippen LogP contribution in [0.2, 0.25) is 0 Å². The average molecular weight is 354 g/mol. The van der Waals surface area contributed by atoms with Gasteiger partial charge in [-0.2, -0.15) is 0 Å². The number of amides is 1. The first-order valence-corrected chi connectivity index (χ1v) is 8.94. The van der Waals surface area contributed by atoms with E-state index in [2.05, 4.69) is 30.4 Å². The van der Waals surface area contributed by atoms with Crippen molar-refractivity contribution in [1.82, 2.24) is 5.32 Å². The number of hydrogen-bond acceptors (Lipinski definition) is 4. The normalized spacial score (nSPS) is 13.3. The number of aryl methyl sites for hydroxylation is 2. The number of para-hydroxylation sites is 1. The van der Waals surface area contributed by atoms with Crippen molar-refractivity contribution < 1.29 is 14.3 Å². The number of ether oxygens (including phenoxy) is 2. The van der Waals surface area contributed by atoms with E-state index in [0.29, 0.717) is 18.0 Å². The van der Waals surface area contributed by atoms with Crippen LogP contribution >= 0.6 is 0 Å². The molecule has 0 saturated carbocycles. The molecule has 0 bridgehead atoms. The molecule has 1 amide bonds. The summed E-state index contributed by atoms with van der Waals surface area (Å²) in [5.41, 5.74) is 4.52. The minimum atomic E-state index is 0.0941. The van der Waals surface area contributed by atoms with Gasteiger partial charge in [0, 0.05) is 24.3 Å². The highest BCUT2D eigenvalue weighted by atomic mass is 16.5. The molecule has 0 atom stereocenters. The summed E-state index contributed by atoms with van der Waals surface area (Å²) in [6.07, 6.45) is 2.04. The fourth-order valence-electron chi connectivity index (χ4n) is 3.48. The Morgan fingerprint density at radius 1 is 1.19 bits per heavy atom. The third-order valence-corrected chi connectivity index (χ3v) is 4.73. The Hall–Kier alpha value is -2.53. The van der Waals surface area contributed by atoms with E-state index in [9.17, 15) is 4.79 Å². The number of anilines is 1. The molecule has 1 aliphatic heterocycles. The van der Waals surface area contributed by atoms with Gasteiger partial charge in [0.25, 0.3) is 0 Å². The Balaban J connectivity index is 1.64. The van der Waals surface area contributed by atoms with Crippen LogP contribution in [0.15, 0.2) is 36.4 Å². The Kier molecular flexibility index (Phi) is 5.78. The highest BCUT2D eigenvalue weighted by Gasteiger charge is 2.22. The van der Waals surface area contributed by atoms with E-state index in [1.807, 2.05) is 23.1 Å². The van der Waals surface area contributed by atoms with E-state index >= 15 is 0 Å². The molecule has 0 aliphatic carbocycles. The van der Waals surface area contributed by atoms with Crippen LogP contribution in [-0.4, -0.2) is 33.2 Å². The van der Waals surface area contributed by atoms with Crippen LogP contribution < -0.4 is 19.7 Å². The molecule has 0 radical (unpaired) electrons. The number of carbonyl (C=O) groups excluding carboxylic acids is 1. The Bertz CT molecular complexity index is 789. The third-order valence-electron chi connectivity index (χ3n) is 4.73. The molecule has 2 aromatic rings. The van der Waals surface area contributed by atoms with Crippen LogP contribution in [0.3, 0.4) is 0 Å². The molecule has 138 valence electrons. The quantitative estimate of drug-likeness (QED) is 0.866. The van der Waals surface area contributed by atoms with E-state index in [1.54, 1.807) is 14.2 Å². The van der Waals surface area contributed by atoms with E-state index < -0.39 is 0 Å². The first-order valence-electron chi connectivity index (χ1n) is 8.94. The lowest BCUT2D eigenvalue weighted by molar-refractivity contribution is -0.117. The van der Waals surface area contributed by atoms with Gasteiger partial charge in [0.05, 0.1) is 20.8 Å². The van der Waals surface area contributed by atoms with E-state index in [4.69, 9.17) is 9.47 Å². The molecule has 5 heteroatoms. The average Bonchev–Trinajstić information content (AvgIpc) is 2.66. The van der Waals surface area contributed by atoms with Crippen LogP contribution in [-0.2, 0) is 17.8 Å². The Labute approximate surface area is 154 Å². The number of nitrogens with zero attached hydrogens (tertiary/aromatic N) is 1. The number of carbonyl (C=O) groups is 1. The zero-order valence-electron chi connectivity index (χ0n) is 15.7. The number of methoxy groups -OCH3 is 2. The Morgan fingerprint density at radius 2 is 2.04 bits per heavy atom. The van der Waals surface area contributed by atoms with Crippen molar-refractivity contribution in [3.05, 3.63) is 53.1 Å². The van der Waals surface area contributed by atoms with Crippen molar-refractivity contribution in [2.75, 3.05) is 32.2 Å². The maximum Gasteiger partial charge on any atom is 0.240 e. The largest absolute Gasteiger partial charge is 0.493 e. The number of rotatable bonds is 6. The summed E-state index contributed by atoms with van der Waals surface area (Å²) in [5.74, 6) is 1.49. The molecule has 0 spiro atoms. The summed E-state index contributed by atoms with van der Waals surface area (Å²) < 4.78 is 10.8. The standard InChI is InChI=1S/C21H26N2O3/c1-15-9-10-18-16(12-15)7-5-11-23(18)20(24)14-22-13-17-6-4-8-19(25-2)21(17)26-3/h4,6,8-10,12,22H,5,7,11,13-14H2,1-3H3. The summed E-state index contributed by atoms with van der Waals surface area (Å²) in [4.78, 5) is 14.6. The van der Waals surface area contributed by atoms with Gasteiger partial charge >= 0.3 is 0 Å². The highest BCUT2D eigenvalue weighted by molar-refractivity contribution is 5.96. The van der Waals surface area contributed by atoms with Gasteiger partial charge in [-0.15, -0.1) is 0 Å². The minimum absolute atomic E-state index is 0.0941. The first-order chi connectivity index (χ1) is 12.6. The fraction of sp³-hybridized carbons (Fsp3) is 0.381. The Morgan fingerprint density at radius 3 is 2.81 bits per heavy atom. The van der Waals surface area contributed by atoms with Crippen LogP contribution in [0.1, 0.15) is 23.1 Å². The molecule has 1 N–H and O–H groups in total. The smallest absolute Gasteiger partial charge is 0.240 e. The van der Waals surface area contributed by atoms with E-state index in [-0.39, 0.29) is 12.5 Å². The first kappa shape index (κ1) is 18.3. The predicted octanol–water partition coefficient (Wildman–Crippen LogP) is 3.08. The third kappa shape index (κ3) is 3.83. The molecule has 1 heterocycles. The van der Waals surface area contributed by atoms with Gasteiger partial charge in [-0.1, -0.05) is 29.8 Å². The van der Waals surface area contributed by atoms with E-state index in [1.165, 1.54) is 11.1 Å². The summed E-state index contributed by atoms with van der Waals surface area (Å²) in [5, 5.41) is 3.24. The predicted molar refractivity (Wildman–Crippen MR) is 103 cm³/mol. The van der Waals surface area contributed by atoms with Gasteiger partial charge in [-0.3, -0.25) is 4.79 Å². The lowest BCUT2D eigenvalue weighted by Gasteiger charge is -2.30. The second-order valence-electron chi connectivity index (χ2n) is 6.54. The summed E-state index contributed by atoms with van der Waals surface area (Å²) >= 11 is 0. The van der Waals surface area contributed by atoms with E-state index in [0.717, 1.165) is 30.6 Å². The van der Waals surface area contributed by atoms with Gasteiger partial charge in [0.15, 0.2) is 11.5 Å². The van der Waals surface area contributed by atoms with Gasteiger partial charge in [0.1, 0.15) is 0 Å². The monoisotopic (exact) mass is 354 g/mol. The van der Waals surface area contributed by atoms with Crippen molar-refractivity contribution in [2.45, 2.75) is 26.3 Å². The number of hydrogen-bond donors (Lipinski definition) is 1. The van der Waals surface area contributed by atoms with Gasteiger partial charge in [-0.25, -0.2) is 0 Å². The molecule has 0 saturated heterocycles. The van der Waals surface area contributed by atoms with Gasteiger partial charge < -0.3 is 19.7 Å². The van der Waals surface area contributed by atoms with Crippen molar-refractivity contribution >= 4 is 11.6 Å². The number of nitrogens with one attached hydrogen (secondary N) is 1. The number of benzene rings is 2. The zero-order chi connectivity index (χ0) is 18.5. The molecule has 3 rings (SSSR count). The SMILES string of the molecule is COc1cccc(CNCC(=O)N2CCCc3cc(C)ccc32)c1OC. The van der Waals surface area contributed by atoms with Crippen LogP contribution in [0.5, 0.6) is 11.5 Å². The van der Waals surface area contributed by atoms with Crippen molar-refractivity contribution in [2.24, 2.45) is 0 Å². The fourth-order valence-corrected chi connectivity index (χ4v) is 3.48. The van der Waals surface area contributed by atoms with Crippen LogP contribution in [0.4, 0.5) is 5.69 Å². The lowest BCUT2D eigenvalue weighted by Crippen LogP contribution is -2.41. The second-order valence-corrected chi connectivity index (χ2v) is 6.54. The molecule has 26 heavy (non-hydrogen) atoms. The molecule has 0 unspecified atom stereocenters. The zero-order valence-corrected chi connectivity index (χ0v) is 15.7. The molecule has 5 nitrogen and oxygen atoms in total. The minimum Gasteiger partial charge on any atom is -0.493 e. The molecular formula is C21H26N2O3. The summed E-state index contributed by atoms with van der Waals surface area (Å²) in [6.45, 7) is 3.69. The van der Waals surface area contributed by atoms with Crippen molar-refractivity contribution in [3.63, 3.8) is 0 Å². The lowest BCUT2D eigenvalue weighted by atomic mass is 9.99.